The van der Waals surface area contributed by atoms with E-state index in [1.165, 1.54) is 6.92 Å². The quantitative estimate of drug-likeness (QED) is 0.533. The Balaban J connectivity index is 2.47. The normalized spacial score (nSPS) is 13.0. The van der Waals surface area contributed by atoms with E-state index in [1.54, 1.807) is 32.9 Å². The van der Waals surface area contributed by atoms with Crippen LogP contribution in [0.3, 0.4) is 0 Å². The van der Waals surface area contributed by atoms with Gasteiger partial charge in [-0.25, -0.2) is 9.59 Å². The average Bonchev–Trinajstić information content (AvgIpc) is 2.62. The van der Waals surface area contributed by atoms with Crippen LogP contribution in [0.15, 0.2) is 30.3 Å². The van der Waals surface area contributed by atoms with Crippen molar-refractivity contribution < 1.29 is 33.8 Å². The second-order valence-electron chi connectivity index (χ2n) is 7.45. The van der Waals surface area contributed by atoms with E-state index < -0.39 is 41.6 Å². The number of carbonyl (C=O) groups excluding carboxylic acids is 3. The molecule has 3 N–H and O–H groups in total. The first-order chi connectivity index (χ1) is 13.5. The molecule has 160 valence electrons. The van der Waals surface area contributed by atoms with Crippen molar-refractivity contribution in [3.05, 3.63) is 35.9 Å². The molecular formula is C20H28N2O7. The smallest absolute Gasteiger partial charge is 0.408 e. The van der Waals surface area contributed by atoms with Crippen LogP contribution in [0.4, 0.5) is 4.79 Å². The van der Waals surface area contributed by atoms with Gasteiger partial charge >= 0.3 is 18.0 Å². The topological polar surface area (TPSA) is 131 Å². The molecule has 0 aliphatic carbocycles. The van der Waals surface area contributed by atoms with Crippen LogP contribution < -0.4 is 10.6 Å². The fourth-order valence-electron chi connectivity index (χ4n) is 2.18. The molecule has 0 spiro atoms. The highest BCUT2D eigenvalue weighted by Gasteiger charge is 2.26. The molecule has 2 amide bonds. The lowest BCUT2D eigenvalue weighted by Crippen LogP contribution is -2.51. The Morgan fingerprint density at radius 2 is 1.69 bits per heavy atom. The zero-order valence-electron chi connectivity index (χ0n) is 17.1. The second kappa shape index (κ2) is 11.0. The molecule has 0 heterocycles. The summed E-state index contributed by atoms with van der Waals surface area (Å²) in [6.45, 7) is 6.50. The van der Waals surface area contributed by atoms with Gasteiger partial charge in [0.05, 0.1) is 0 Å². The standard InChI is InChI=1S/C20H28N2O7/c1-13(21-19(27)29-20(2,3)4)17(24)22-15(18(25)26)10-11-16(23)28-12-14-8-6-5-7-9-14/h5-9,13,15H,10-12H2,1-4H3,(H,21,27)(H,22,24)(H,25,26)/t13-,15+/m0/s1. The summed E-state index contributed by atoms with van der Waals surface area (Å²) in [7, 11) is 0. The monoisotopic (exact) mass is 408 g/mol. The van der Waals surface area contributed by atoms with Crippen molar-refractivity contribution in [1.82, 2.24) is 10.6 Å². The van der Waals surface area contributed by atoms with E-state index in [4.69, 9.17) is 9.47 Å². The fraction of sp³-hybridized carbons (Fsp3) is 0.500. The average molecular weight is 408 g/mol. The first kappa shape index (κ1) is 23.9. The van der Waals surface area contributed by atoms with E-state index in [-0.39, 0.29) is 19.4 Å². The lowest BCUT2D eigenvalue weighted by atomic mass is 10.1. The van der Waals surface area contributed by atoms with Crippen LogP contribution in [-0.2, 0) is 30.5 Å². The molecule has 0 fully saturated rings. The molecular weight excluding hydrogens is 380 g/mol. The Labute approximate surface area is 169 Å². The van der Waals surface area contributed by atoms with Gasteiger partial charge in [0, 0.05) is 6.42 Å². The molecule has 0 radical (unpaired) electrons. The summed E-state index contributed by atoms with van der Waals surface area (Å²) in [4.78, 5) is 47.1. The Kier molecular flexibility index (Phi) is 9.11. The zero-order chi connectivity index (χ0) is 22.0. The van der Waals surface area contributed by atoms with Crippen LogP contribution in [-0.4, -0.2) is 46.7 Å². The highest BCUT2D eigenvalue weighted by molar-refractivity contribution is 5.89. The van der Waals surface area contributed by atoms with Gasteiger partial charge in [-0.2, -0.15) is 0 Å². The Bertz CT molecular complexity index is 713. The van der Waals surface area contributed by atoms with E-state index in [9.17, 15) is 24.3 Å². The van der Waals surface area contributed by atoms with Gasteiger partial charge in [-0.3, -0.25) is 9.59 Å². The number of carboxylic acid groups (broad SMARTS) is 1. The van der Waals surface area contributed by atoms with E-state index in [2.05, 4.69) is 10.6 Å². The Morgan fingerprint density at radius 1 is 1.07 bits per heavy atom. The molecule has 9 nitrogen and oxygen atoms in total. The van der Waals surface area contributed by atoms with Crippen LogP contribution in [0.2, 0.25) is 0 Å². The van der Waals surface area contributed by atoms with Crippen LogP contribution in [0.1, 0.15) is 46.1 Å². The van der Waals surface area contributed by atoms with Gasteiger partial charge in [0.2, 0.25) is 5.91 Å². The molecule has 1 aromatic rings. The van der Waals surface area contributed by atoms with Crippen LogP contribution in [0.25, 0.3) is 0 Å². The SMILES string of the molecule is C[C@H](NC(=O)OC(C)(C)C)C(=O)N[C@H](CCC(=O)OCc1ccccc1)C(=O)O. The van der Waals surface area contributed by atoms with Crippen molar-refractivity contribution in [1.29, 1.82) is 0 Å². The maximum Gasteiger partial charge on any atom is 0.408 e. The van der Waals surface area contributed by atoms with Crippen LogP contribution in [0, 0.1) is 0 Å². The second-order valence-corrected chi connectivity index (χ2v) is 7.45. The van der Waals surface area contributed by atoms with Crippen LogP contribution >= 0.6 is 0 Å². The van der Waals surface area contributed by atoms with Crippen molar-refractivity contribution in [2.45, 2.75) is 64.8 Å². The maximum atomic E-state index is 12.2. The molecule has 9 heteroatoms. The number of hydrogen-bond acceptors (Lipinski definition) is 6. The number of alkyl carbamates (subject to hydrolysis) is 1. The summed E-state index contributed by atoms with van der Waals surface area (Å²) in [5.41, 5.74) is 0.0789. The first-order valence-corrected chi connectivity index (χ1v) is 9.20. The number of benzene rings is 1. The van der Waals surface area contributed by atoms with Gasteiger partial charge in [0.25, 0.3) is 0 Å². The molecule has 0 saturated carbocycles. The predicted octanol–water partition coefficient (Wildman–Crippen LogP) is 1.99. The van der Waals surface area contributed by atoms with Gasteiger partial charge in [-0.05, 0) is 39.7 Å². The summed E-state index contributed by atoms with van der Waals surface area (Å²) in [6, 6.07) is 6.74. The van der Waals surface area contributed by atoms with Crippen molar-refractivity contribution in [2.75, 3.05) is 0 Å². The highest BCUT2D eigenvalue weighted by Crippen LogP contribution is 2.07. The van der Waals surface area contributed by atoms with Gasteiger partial charge in [0.1, 0.15) is 24.3 Å². The maximum absolute atomic E-state index is 12.2. The third-order valence-corrected chi connectivity index (χ3v) is 3.62. The van der Waals surface area contributed by atoms with Gasteiger partial charge in [-0.15, -0.1) is 0 Å². The number of rotatable bonds is 9. The molecule has 1 rings (SSSR count). The number of carboxylic acids is 1. The van der Waals surface area contributed by atoms with E-state index in [0.29, 0.717) is 0 Å². The summed E-state index contributed by atoms with van der Waals surface area (Å²) in [5.74, 6) is -2.58. The highest BCUT2D eigenvalue weighted by atomic mass is 16.6. The minimum atomic E-state index is -1.30. The van der Waals surface area contributed by atoms with Gasteiger partial charge < -0.3 is 25.2 Å². The van der Waals surface area contributed by atoms with Gasteiger partial charge in [-0.1, -0.05) is 30.3 Å². The Morgan fingerprint density at radius 3 is 2.24 bits per heavy atom. The molecule has 0 aliphatic heterocycles. The van der Waals surface area contributed by atoms with Crippen LogP contribution in [0.5, 0.6) is 0 Å². The fourth-order valence-corrected chi connectivity index (χ4v) is 2.18. The molecule has 1 aromatic carbocycles. The summed E-state index contributed by atoms with van der Waals surface area (Å²) >= 11 is 0. The van der Waals surface area contributed by atoms with E-state index in [1.807, 2.05) is 18.2 Å². The molecule has 0 aromatic heterocycles. The number of esters is 1. The third kappa shape index (κ3) is 10.1. The number of carbonyl (C=O) groups is 4. The van der Waals surface area contributed by atoms with E-state index in [0.717, 1.165) is 5.56 Å². The third-order valence-electron chi connectivity index (χ3n) is 3.62. The number of ether oxygens (including phenoxy) is 2. The number of nitrogens with one attached hydrogen (secondary N) is 2. The molecule has 0 bridgehead atoms. The molecule has 0 saturated heterocycles. The van der Waals surface area contributed by atoms with E-state index >= 15 is 0 Å². The number of aliphatic carboxylic acids is 1. The molecule has 0 unspecified atom stereocenters. The first-order valence-electron chi connectivity index (χ1n) is 9.20. The number of amides is 2. The lowest BCUT2D eigenvalue weighted by molar-refractivity contribution is -0.146. The summed E-state index contributed by atoms with van der Waals surface area (Å²) in [6.07, 6.45) is -1.12. The molecule has 0 aliphatic rings. The summed E-state index contributed by atoms with van der Waals surface area (Å²) in [5, 5.41) is 13.9. The van der Waals surface area contributed by atoms with Crippen molar-refractivity contribution in [2.24, 2.45) is 0 Å². The predicted molar refractivity (Wildman–Crippen MR) is 104 cm³/mol. The van der Waals surface area contributed by atoms with Crippen molar-refractivity contribution >= 4 is 23.9 Å². The molecule has 2 atom stereocenters. The zero-order valence-corrected chi connectivity index (χ0v) is 17.1. The minimum Gasteiger partial charge on any atom is -0.480 e. The summed E-state index contributed by atoms with van der Waals surface area (Å²) < 4.78 is 10.1. The molecule has 29 heavy (non-hydrogen) atoms. The lowest BCUT2D eigenvalue weighted by Gasteiger charge is -2.22. The van der Waals surface area contributed by atoms with Crippen molar-refractivity contribution in [3.8, 4) is 0 Å². The Hall–Kier alpha value is -3.10. The minimum absolute atomic E-state index is 0.0839. The number of hydrogen-bond donors (Lipinski definition) is 3. The van der Waals surface area contributed by atoms with Crippen molar-refractivity contribution in [3.63, 3.8) is 0 Å². The van der Waals surface area contributed by atoms with Gasteiger partial charge in [0.15, 0.2) is 0 Å². The largest absolute Gasteiger partial charge is 0.480 e.